The molecule has 16 heavy (non-hydrogen) atoms. The molecule has 0 aliphatic rings. The zero-order valence-electron chi connectivity index (χ0n) is 9.37. The number of hydrogen-bond donors (Lipinski definition) is 1. The van der Waals surface area contributed by atoms with Gasteiger partial charge in [-0.2, -0.15) is 0 Å². The van der Waals surface area contributed by atoms with Gasteiger partial charge in [0.25, 0.3) is 0 Å². The van der Waals surface area contributed by atoms with Gasteiger partial charge in [-0.15, -0.1) is 6.58 Å². The van der Waals surface area contributed by atoms with Gasteiger partial charge in [0.2, 0.25) is 0 Å². The fourth-order valence-corrected chi connectivity index (χ4v) is 1.72. The molecular formula is C12H15ClO3. The minimum atomic E-state index is -0.630. The lowest BCUT2D eigenvalue weighted by atomic mass is 10.1. The molecule has 88 valence electrons. The van der Waals surface area contributed by atoms with E-state index in [0.29, 0.717) is 28.5 Å². The number of halogens is 1. The predicted molar refractivity (Wildman–Crippen MR) is 64.3 cm³/mol. The molecule has 0 aromatic heterocycles. The maximum Gasteiger partial charge on any atom is 0.179 e. The standard InChI is InChI=1S/C12H15ClO3/c1-4-5-10(14)8-6-9(13)12(16-3)11(7-8)15-2/h4,6-7,10,14H,1,5H2,2-3H3. The van der Waals surface area contributed by atoms with Crippen molar-refractivity contribution in [3.8, 4) is 11.5 Å². The minimum Gasteiger partial charge on any atom is -0.493 e. The first-order valence-corrected chi connectivity index (χ1v) is 5.22. The molecule has 0 fully saturated rings. The Labute approximate surface area is 100 Å². The largest absolute Gasteiger partial charge is 0.493 e. The summed E-state index contributed by atoms with van der Waals surface area (Å²) >= 11 is 6.02. The molecule has 0 aliphatic heterocycles. The first-order valence-electron chi connectivity index (χ1n) is 4.84. The summed E-state index contributed by atoms with van der Waals surface area (Å²) in [5.41, 5.74) is 0.683. The van der Waals surface area contributed by atoms with E-state index in [-0.39, 0.29) is 0 Å². The topological polar surface area (TPSA) is 38.7 Å². The average Bonchev–Trinajstić information content (AvgIpc) is 2.28. The normalized spacial score (nSPS) is 12.0. The Bertz CT molecular complexity index is 377. The molecule has 0 amide bonds. The van der Waals surface area contributed by atoms with E-state index in [1.807, 2.05) is 0 Å². The van der Waals surface area contributed by atoms with Gasteiger partial charge in [0.15, 0.2) is 11.5 Å². The molecule has 0 aliphatic carbocycles. The molecule has 0 radical (unpaired) electrons. The van der Waals surface area contributed by atoms with Crippen LogP contribution in [0.2, 0.25) is 5.02 Å². The molecule has 0 bridgehead atoms. The van der Waals surface area contributed by atoms with E-state index < -0.39 is 6.10 Å². The van der Waals surface area contributed by atoms with Crippen LogP contribution in [-0.2, 0) is 0 Å². The molecule has 1 atom stereocenters. The lowest BCUT2D eigenvalue weighted by Gasteiger charge is -2.14. The fourth-order valence-electron chi connectivity index (χ4n) is 1.42. The van der Waals surface area contributed by atoms with Gasteiger partial charge in [-0.1, -0.05) is 17.7 Å². The van der Waals surface area contributed by atoms with Crippen molar-refractivity contribution in [3.63, 3.8) is 0 Å². The Morgan fingerprint density at radius 2 is 2.12 bits per heavy atom. The van der Waals surface area contributed by atoms with Gasteiger partial charge in [-0.05, 0) is 24.1 Å². The van der Waals surface area contributed by atoms with Crippen molar-refractivity contribution in [3.05, 3.63) is 35.4 Å². The molecule has 3 nitrogen and oxygen atoms in total. The quantitative estimate of drug-likeness (QED) is 0.807. The van der Waals surface area contributed by atoms with Crippen LogP contribution in [-0.4, -0.2) is 19.3 Å². The zero-order chi connectivity index (χ0) is 12.1. The van der Waals surface area contributed by atoms with Gasteiger partial charge >= 0.3 is 0 Å². The summed E-state index contributed by atoms with van der Waals surface area (Å²) in [6, 6.07) is 3.37. The maximum absolute atomic E-state index is 9.80. The second kappa shape index (κ2) is 5.77. The second-order valence-corrected chi connectivity index (χ2v) is 3.69. The number of rotatable bonds is 5. The van der Waals surface area contributed by atoms with Gasteiger partial charge in [-0.3, -0.25) is 0 Å². The smallest absolute Gasteiger partial charge is 0.179 e. The van der Waals surface area contributed by atoms with Crippen molar-refractivity contribution in [2.45, 2.75) is 12.5 Å². The lowest BCUT2D eigenvalue weighted by molar-refractivity contribution is 0.181. The van der Waals surface area contributed by atoms with Gasteiger partial charge in [-0.25, -0.2) is 0 Å². The van der Waals surface area contributed by atoms with E-state index in [4.69, 9.17) is 21.1 Å². The summed E-state index contributed by atoms with van der Waals surface area (Å²) in [5.74, 6) is 0.979. The molecule has 1 N–H and O–H groups in total. The number of benzene rings is 1. The van der Waals surface area contributed by atoms with Crippen LogP contribution in [0.15, 0.2) is 24.8 Å². The monoisotopic (exact) mass is 242 g/mol. The van der Waals surface area contributed by atoms with Crippen LogP contribution >= 0.6 is 11.6 Å². The third kappa shape index (κ3) is 2.68. The van der Waals surface area contributed by atoms with E-state index in [0.717, 1.165) is 0 Å². The molecule has 0 saturated heterocycles. The first kappa shape index (κ1) is 12.9. The fraction of sp³-hybridized carbons (Fsp3) is 0.333. The predicted octanol–water partition coefficient (Wildman–Crippen LogP) is 2.97. The molecule has 1 aromatic carbocycles. The highest BCUT2D eigenvalue weighted by Gasteiger charge is 2.14. The molecule has 0 heterocycles. The van der Waals surface area contributed by atoms with Crippen molar-refractivity contribution >= 4 is 11.6 Å². The van der Waals surface area contributed by atoms with Gasteiger partial charge < -0.3 is 14.6 Å². The van der Waals surface area contributed by atoms with E-state index >= 15 is 0 Å². The molecule has 4 heteroatoms. The number of methoxy groups -OCH3 is 2. The molecule has 1 aromatic rings. The summed E-state index contributed by atoms with van der Waals surface area (Å²) < 4.78 is 10.2. The van der Waals surface area contributed by atoms with E-state index in [9.17, 15) is 5.11 Å². The summed E-state index contributed by atoms with van der Waals surface area (Å²) in [4.78, 5) is 0. The number of hydrogen-bond acceptors (Lipinski definition) is 3. The Hall–Kier alpha value is -1.19. The van der Waals surface area contributed by atoms with Crippen molar-refractivity contribution in [2.75, 3.05) is 14.2 Å². The molecule has 0 spiro atoms. The Morgan fingerprint density at radius 3 is 2.62 bits per heavy atom. The van der Waals surface area contributed by atoms with Crippen LogP contribution in [0.3, 0.4) is 0 Å². The Morgan fingerprint density at radius 1 is 1.44 bits per heavy atom. The van der Waals surface area contributed by atoms with Crippen LogP contribution in [0.25, 0.3) is 0 Å². The number of aliphatic hydroxyl groups excluding tert-OH is 1. The average molecular weight is 243 g/mol. The van der Waals surface area contributed by atoms with Crippen molar-refractivity contribution in [1.82, 2.24) is 0 Å². The summed E-state index contributed by atoms with van der Waals surface area (Å²) in [7, 11) is 3.04. The molecule has 0 saturated carbocycles. The van der Waals surface area contributed by atoms with Gasteiger partial charge in [0, 0.05) is 0 Å². The summed E-state index contributed by atoms with van der Waals surface area (Å²) in [6.45, 7) is 3.58. The van der Waals surface area contributed by atoms with Gasteiger partial charge in [0.05, 0.1) is 25.3 Å². The van der Waals surface area contributed by atoms with Crippen LogP contribution in [0, 0.1) is 0 Å². The second-order valence-electron chi connectivity index (χ2n) is 3.28. The van der Waals surface area contributed by atoms with Crippen molar-refractivity contribution in [1.29, 1.82) is 0 Å². The van der Waals surface area contributed by atoms with E-state index in [1.54, 1.807) is 18.2 Å². The first-order chi connectivity index (χ1) is 7.63. The van der Waals surface area contributed by atoms with Crippen LogP contribution < -0.4 is 9.47 Å². The highest BCUT2D eigenvalue weighted by Crippen LogP contribution is 2.38. The molecule has 1 unspecified atom stereocenters. The third-order valence-electron chi connectivity index (χ3n) is 2.23. The highest BCUT2D eigenvalue weighted by molar-refractivity contribution is 6.32. The highest BCUT2D eigenvalue weighted by atomic mass is 35.5. The molecule has 1 rings (SSSR count). The van der Waals surface area contributed by atoms with Crippen LogP contribution in [0.4, 0.5) is 0 Å². The van der Waals surface area contributed by atoms with Gasteiger partial charge in [0.1, 0.15) is 0 Å². The van der Waals surface area contributed by atoms with Crippen molar-refractivity contribution < 1.29 is 14.6 Å². The van der Waals surface area contributed by atoms with Crippen LogP contribution in [0.5, 0.6) is 11.5 Å². The zero-order valence-corrected chi connectivity index (χ0v) is 10.1. The number of ether oxygens (including phenoxy) is 2. The van der Waals surface area contributed by atoms with Crippen LogP contribution in [0.1, 0.15) is 18.1 Å². The Kier molecular flexibility index (Phi) is 4.65. The summed E-state index contributed by atoms with van der Waals surface area (Å²) in [6.07, 6.45) is 1.48. The number of aliphatic hydroxyl groups is 1. The lowest BCUT2D eigenvalue weighted by Crippen LogP contribution is -1.99. The van der Waals surface area contributed by atoms with Crippen molar-refractivity contribution in [2.24, 2.45) is 0 Å². The SMILES string of the molecule is C=CCC(O)c1cc(Cl)c(OC)c(OC)c1. The molecular weight excluding hydrogens is 228 g/mol. The third-order valence-corrected chi connectivity index (χ3v) is 2.51. The Balaban J connectivity index is 3.14. The minimum absolute atomic E-state index is 0.417. The van der Waals surface area contributed by atoms with E-state index in [1.165, 1.54) is 14.2 Å². The maximum atomic E-state index is 9.80. The summed E-state index contributed by atoms with van der Waals surface area (Å²) in [5, 5.41) is 10.2. The van der Waals surface area contributed by atoms with E-state index in [2.05, 4.69) is 6.58 Å².